The average molecular weight is 96.5 g/mol. The Hall–Kier alpha value is 0.210. The van der Waals surface area contributed by atoms with Crippen molar-refractivity contribution in [3.05, 3.63) is 0 Å². The minimum Gasteiger partial charge on any atom is -0.234 e. The molecular formula is C2H5ClO2. The van der Waals surface area contributed by atoms with Crippen molar-refractivity contribution in [3.8, 4) is 0 Å². The highest BCUT2D eigenvalue weighted by atomic mass is 35.5. The van der Waals surface area contributed by atoms with Crippen LogP contribution in [0.5, 0.6) is 0 Å². The third kappa shape index (κ3) is 1.16. The lowest BCUT2D eigenvalue weighted by Crippen LogP contribution is -2.14. The van der Waals surface area contributed by atoms with Gasteiger partial charge in [-0.25, -0.2) is 9.78 Å². The van der Waals surface area contributed by atoms with Crippen LogP contribution in [-0.2, 0) is 9.78 Å². The van der Waals surface area contributed by atoms with Gasteiger partial charge in [-0.3, -0.25) is 0 Å². The van der Waals surface area contributed by atoms with Gasteiger partial charge in [0.1, 0.15) is 13.2 Å². The smallest absolute Gasteiger partial charge is 0.109 e. The molecule has 1 fully saturated rings. The molecule has 0 aromatic carbocycles. The van der Waals surface area contributed by atoms with Gasteiger partial charge in [0.2, 0.25) is 0 Å². The van der Waals surface area contributed by atoms with Crippen LogP contribution < -0.4 is 0 Å². The van der Waals surface area contributed by atoms with Crippen molar-refractivity contribution in [1.82, 2.24) is 0 Å². The van der Waals surface area contributed by atoms with E-state index < -0.39 is 0 Å². The Balaban J connectivity index is 0.000000160. The van der Waals surface area contributed by atoms with E-state index in [0.29, 0.717) is 0 Å². The summed E-state index contributed by atoms with van der Waals surface area (Å²) in [5.41, 5.74) is 0. The molecule has 2 nitrogen and oxygen atoms in total. The lowest BCUT2D eigenvalue weighted by atomic mass is 10.8. The molecular weight excluding hydrogens is 91.5 g/mol. The normalized spacial score (nSPS) is 19.2. The van der Waals surface area contributed by atoms with Crippen molar-refractivity contribution in [2.45, 2.75) is 0 Å². The van der Waals surface area contributed by atoms with Crippen molar-refractivity contribution >= 4 is 12.4 Å². The fourth-order valence-electron chi connectivity index (χ4n) is 0.0833. The molecule has 0 aromatic heterocycles. The summed E-state index contributed by atoms with van der Waals surface area (Å²) < 4.78 is 0. The van der Waals surface area contributed by atoms with Gasteiger partial charge < -0.3 is 0 Å². The summed E-state index contributed by atoms with van der Waals surface area (Å²) in [4.78, 5) is 8.44. The van der Waals surface area contributed by atoms with Gasteiger partial charge in [0, 0.05) is 0 Å². The summed E-state index contributed by atoms with van der Waals surface area (Å²) in [7, 11) is 0. The molecule has 0 atom stereocenters. The molecule has 5 heavy (non-hydrogen) atoms. The summed E-state index contributed by atoms with van der Waals surface area (Å²) in [6.45, 7) is 1.56. The first-order valence-corrected chi connectivity index (χ1v) is 1.24. The molecule has 1 rings (SSSR count). The topological polar surface area (TPSA) is 18.5 Å². The van der Waals surface area contributed by atoms with E-state index in [9.17, 15) is 0 Å². The Kier molecular flexibility index (Phi) is 2.55. The first-order valence-electron chi connectivity index (χ1n) is 1.24. The van der Waals surface area contributed by atoms with Crippen molar-refractivity contribution in [2.24, 2.45) is 0 Å². The van der Waals surface area contributed by atoms with Gasteiger partial charge in [0.05, 0.1) is 0 Å². The van der Waals surface area contributed by atoms with Crippen LogP contribution in [0.4, 0.5) is 0 Å². The van der Waals surface area contributed by atoms with Crippen LogP contribution in [0, 0.1) is 0 Å². The first-order chi connectivity index (χ1) is 2.00. The van der Waals surface area contributed by atoms with Crippen molar-refractivity contribution in [2.75, 3.05) is 13.2 Å². The minimum atomic E-state index is 0. The maximum Gasteiger partial charge on any atom is 0.109 e. The van der Waals surface area contributed by atoms with Gasteiger partial charge in [-0.05, 0) is 0 Å². The van der Waals surface area contributed by atoms with Gasteiger partial charge >= 0.3 is 0 Å². The zero-order valence-corrected chi connectivity index (χ0v) is 3.46. The molecule has 0 radical (unpaired) electrons. The van der Waals surface area contributed by atoms with E-state index in [4.69, 9.17) is 0 Å². The summed E-state index contributed by atoms with van der Waals surface area (Å²) in [6.07, 6.45) is 0. The SMILES string of the molecule is C1COO1.Cl. The molecule has 0 aliphatic carbocycles. The van der Waals surface area contributed by atoms with Gasteiger partial charge in [-0.1, -0.05) is 0 Å². The molecule has 1 heterocycles. The molecule has 0 bridgehead atoms. The highest BCUT2D eigenvalue weighted by Gasteiger charge is 1.95. The Bertz CT molecular complexity index is 15.6. The number of hydrogen-bond donors (Lipinski definition) is 0. The second-order valence-electron chi connectivity index (χ2n) is 0.644. The van der Waals surface area contributed by atoms with Crippen LogP contribution in [0.2, 0.25) is 0 Å². The molecule has 32 valence electrons. The molecule has 1 aliphatic rings. The monoisotopic (exact) mass is 96.0 g/mol. The van der Waals surface area contributed by atoms with Crippen molar-refractivity contribution in [3.63, 3.8) is 0 Å². The molecule has 0 N–H and O–H groups in total. The number of hydrogen-bond acceptors (Lipinski definition) is 2. The van der Waals surface area contributed by atoms with Crippen molar-refractivity contribution in [1.29, 1.82) is 0 Å². The minimum absolute atomic E-state index is 0. The van der Waals surface area contributed by atoms with E-state index in [0.717, 1.165) is 13.2 Å². The van der Waals surface area contributed by atoms with Crippen molar-refractivity contribution < 1.29 is 9.78 Å². The van der Waals surface area contributed by atoms with E-state index in [2.05, 4.69) is 9.78 Å². The highest BCUT2D eigenvalue weighted by Crippen LogP contribution is 1.87. The lowest BCUT2D eigenvalue weighted by Gasteiger charge is -2.08. The largest absolute Gasteiger partial charge is 0.234 e. The van der Waals surface area contributed by atoms with E-state index in [1.54, 1.807) is 0 Å². The zero-order valence-electron chi connectivity index (χ0n) is 2.64. The van der Waals surface area contributed by atoms with E-state index >= 15 is 0 Å². The Morgan fingerprint density at radius 3 is 1.20 bits per heavy atom. The summed E-state index contributed by atoms with van der Waals surface area (Å²) >= 11 is 0. The van der Waals surface area contributed by atoms with Gasteiger partial charge in [0.15, 0.2) is 0 Å². The molecule has 1 saturated heterocycles. The molecule has 1 aliphatic heterocycles. The maximum atomic E-state index is 4.22. The lowest BCUT2D eigenvalue weighted by molar-refractivity contribution is -0.382. The summed E-state index contributed by atoms with van der Waals surface area (Å²) in [5, 5.41) is 0. The quantitative estimate of drug-likeness (QED) is 0.406. The summed E-state index contributed by atoms with van der Waals surface area (Å²) in [6, 6.07) is 0. The van der Waals surface area contributed by atoms with E-state index in [1.807, 2.05) is 0 Å². The average Bonchev–Trinajstić information content (AvgIpc) is 0.722. The molecule has 0 unspecified atom stereocenters. The molecule has 0 spiro atoms. The zero-order chi connectivity index (χ0) is 2.83. The van der Waals surface area contributed by atoms with E-state index in [1.165, 1.54) is 0 Å². The van der Waals surface area contributed by atoms with Crippen LogP contribution >= 0.6 is 12.4 Å². The molecule has 0 saturated carbocycles. The number of rotatable bonds is 0. The second-order valence-corrected chi connectivity index (χ2v) is 0.644. The Labute approximate surface area is 36.4 Å². The first kappa shape index (κ1) is 5.21. The van der Waals surface area contributed by atoms with Crippen LogP contribution in [0.3, 0.4) is 0 Å². The van der Waals surface area contributed by atoms with Crippen LogP contribution in [0.15, 0.2) is 0 Å². The van der Waals surface area contributed by atoms with Gasteiger partial charge in [-0.15, -0.1) is 12.4 Å². The standard InChI is InChI=1S/C2H4O2.ClH/c1-2-4-3-1;/h1-2H2;1H. The maximum absolute atomic E-state index is 4.22. The Morgan fingerprint density at radius 1 is 1.00 bits per heavy atom. The fourth-order valence-corrected chi connectivity index (χ4v) is 0.0833. The molecule has 0 aromatic rings. The van der Waals surface area contributed by atoms with E-state index in [-0.39, 0.29) is 12.4 Å². The highest BCUT2D eigenvalue weighted by molar-refractivity contribution is 5.85. The third-order valence-corrected chi connectivity index (χ3v) is 0.333. The Morgan fingerprint density at radius 2 is 1.20 bits per heavy atom. The van der Waals surface area contributed by atoms with Gasteiger partial charge in [0.25, 0.3) is 0 Å². The summed E-state index contributed by atoms with van der Waals surface area (Å²) in [5.74, 6) is 0. The number of halogens is 1. The predicted octanol–water partition coefficient (Wildman–Crippen LogP) is 0.370. The predicted molar refractivity (Wildman–Crippen MR) is 19.2 cm³/mol. The third-order valence-electron chi connectivity index (χ3n) is 0.333. The molecule has 0 amide bonds. The molecule has 3 heteroatoms. The van der Waals surface area contributed by atoms with Crippen LogP contribution in [-0.4, -0.2) is 13.2 Å². The van der Waals surface area contributed by atoms with Crippen LogP contribution in [0.25, 0.3) is 0 Å². The van der Waals surface area contributed by atoms with Crippen LogP contribution in [0.1, 0.15) is 0 Å². The fraction of sp³-hybridized carbons (Fsp3) is 1.00. The second kappa shape index (κ2) is 2.45. The van der Waals surface area contributed by atoms with Gasteiger partial charge in [-0.2, -0.15) is 0 Å².